The Labute approximate surface area is 279 Å². The predicted octanol–water partition coefficient (Wildman–Crippen LogP) is 2.70. The van der Waals surface area contributed by atoms with Gasteiger partial charge in [-0.2, -0.15) is 4.79 Å². The monoisotopic (exact) mass is 665 g/mol. The Hall–Kier alpha value is -4.91. The molecule has 258 valence electrons. The molecule has 0 radical (unpaired) electrons. The number of fused-ring (bicyclic) bond motifs is 3. The Balaban J connectivity index is 1.28. The van der Waals surface area contributed by atoms with Gasteiger partial charge < -0.3 is 40.8 Å². The van der Waals surface area contributed by atoms with E-state index in [0.29, 0.717) is 6.21 Å². The van der Waals surface area contributed by atoms with Crippen LogP contribution in [0.25, 0.3) is 16.7 Å². The largest absolute Gasteiger partial charge is 0.480 e. The molecule has 3 amide bonds. The summed E-state index contributed by atoms with van der Waals surface area (Å²) in [7, 11) is 0. The molecule has 0 saturated heterocycles. The van der Waals surface area contributed by atoms with Crippen LogP contribution in [0.3, 0.4) is 0 Å². The van der Waals surface area contributed by atoms with Crippen LogP contribution in [0.15, 0.2) is 48.5 Å². The highest BCUT2D eigenvalue weighted by Gasteiger charge is 2.29. The van der Waals surface area contributed by atoms with Gasteiger partial charge in [-0.25, -0.2) is 9.59 Å². The van der Waals surface area contributed by atoms with Gasteiger partial charge in [0.25, 0.3) is 0 Å². The van der Waals surface area contributed by atoms with Crippen molar-refractivity contribution >= 4 is 35.9 Å². The fourth-order valence-corrected chi connectivity index (χ4v) is 5.28. The third-order valence-corrected chi connectivity index (χ3v) is 7.56. The standard InChI is InChI=1S/C34H43N5O9/c1-22(2)19-30(32(42)39-29(33(43)44)12-11-23(40)20-37-35)38-31(41)13-15-46-17-18-47-16-14-36-34(45)48-21-28-26-9-5-3-7-24(26)25-8-4-6-10-27(25)28/h3-10,20,22,28-30H,11-19,21H2,1-2H3,(H,36,45)(H,38,41)(H,39,42)(H,43,44). The highest BCUT2D eigenvalue weighted by atomic mass is 16.6. The molecule has 14 nitrogen and oxygen atoms in total. The second-order valence-corrected chi connectivity index (χ2v) is 11.6. The first-order chi connectivity index (χ1) is 23.1. The number of hydrogen-bond acceptors (Lipinski definition) is 8. The van der Waals surface area contributed by atoms with Crippen molar-refractivity contribution in [1.29, 1.82) is 0 Å². The Kier molecular flexibility index (Phi) is 15.4. The normalized spacial score (nSPS) is 13.0. The minimum Gasteiger partial charge on any atom is -0.480 e. The number of carboxylic acids is 1. The zero-order valence-electron chi connectivity index (χ0n) is 27.2. The second kappa shape index (κ2) is 19.7. The van der Waals surface area contributed by atoms with E-state index in [2.05, 4.69) is 45.0 Å². The molecule has 1 aliphatic carbocycles. The van der Waals surface area contributed by atoms with Crippen molar-refractivity contribution < 1.29 is 48.1 Å². The van der Waals surface area contributed by atoms with Crippen molar-refractivity contribution in [3.8, 4) is 11.1 Å². The van der Waals surface area contributed by atoms with Gasteiger partial charge in [0.05, 0.1) is 26.4 Å². The first-order valence-electron chi connectivity index (χ1n) is 15.9. The third-order valence-electron chi connectivity index (χ3n) is 7.56. The number of Topliss-reactive ketones (excluding diaryl/α,β-unsaturated/α-hetero) is 1. The minimum absolute atomic E-state index is 0.0127. The van der Waals surface area contributed by atoms with Crippen LogP contribution in [0.2, 0.25) is 0 Å². The van der Waals surface area contributed by atoms with Gasteiger partial charge in [0, 0.05) is 25.3 Å². The summed E-state index contributed by atoms with van der Waals surface area (Å²) in [4.78, 5) is 63.3. The number of nitrogens with zero attached hydrogens (tertiary/aromatic N) is 2. The molecule has 0 aliphatic heterocycles. The number of carbonyl (C=O) groups excluding carboxylic acids is 4. The lowest BCUT2D eigenvalue weighted by Crippen LogP contribution is -2.52. The smallest absolute Gasteiger partial charge is 0.407 e. The highest BCUT2D eigenvalue weighted by Crippen LogP contribution is 2.44. The van der Waals surface area contributed by atoms with E-state index in [9.17, 15) is 29.1 Å². The van der Waals surface area contributed by atoms with Crippen LogP contribution in [-0.2, 0) is 33.4 Å². The Morgan fingerprint density at radius 3 is 2.10 bits per heavy atom. The van der Waals surface area contributed by atoms with E-state index in [1.165, 1.54) is 0 Å². The lowest BCUT2D eigenvalue weighted by molar-refractivity contribution is -0.142. The number of aliphatic carboxylic acids is 1. The summed E-state index contributed by atoms with van der Waals surface area (Å²) < 4.78 is 16.4. The zero-order chi connectivity index (χ0) is 34.9. The first kappa shape index (κ1) is 37.5. The number of benzene rings is 2. The van der Waals surface area contributed by atoms with E-state index < -0.39 is 41.7 Å². The van der Waals surface area contributed by atoms with Crippen LogP contribution in [0.1, 0.15) is 56.6 Å². The summed E-state index contributed by atoms with van der Waals surface area (Å²) in [5.74, 6) is -3.09. The molecule has 48 heavy (non-hydrogen) atoms. The van der Waals surface area contributed by atoms with Gasteiger partial charge in [0.1, 0.15) is 18.7 Å². The van der Waals surface area contributed by atoms with Crippen LogP contribution < -0.4 is 16.0 Å². The van der Waals surface area contributed by atoms with Gasteiger partial charge in [-0.1, -0.05) is 62.4 Å². The SMILES string of the molecule is CC(C)CC(NC(=O)CCOCCOCCNC(=O)OCC1c2ccccc2-c2ccccc21)C(=O)NC(CCC(=O)C=[N+]=[N-])C(=O)O. The van der Waals surface area contributed by atoms with E-state index in [0.717, 1.165) is 22.3 Å². The van der Waals surface area contributed by atoms with Gasteiger partial charge in [0.2, 0.25) is 17.6 Å². The molecular weight excluding hydrogens is 622 g/mol. The lowest BCUT2D eigenvalue weighted by atomic mass is 9.98. The lowest BCUT2D eigenvalue weighted by Gasteiger charge is -2.22. The molecule has 0 bridgehead atoms. The molecule has 1 aliphatic rings. The summed E-state index contributed by atoms with van der Waals surface area (Å²) in [5.41, 5.74) is 13.0. The van der Waals surface area contributed by atoms with Gasteiger partial charge in [-0.05, 0) is 41.0 Å². The molecule has 0 spiro atoms. The number of amides is 3. The van der Waals surface area contributed by atoms with Crippen molar-refractivity contribution in [2.75, 3.05) is 39.6 Å². The van der Waals surface area contributed by atoms with Crippen molar-refractivity contribution in [3.63, 3.8) is 0 Å². The van der Waals surface area contributed by atoms with E-state index >= 15 is 0 Å². The molecule has 2 aromatic carbocycles. The van der Waals surface area contributed by atoms with Crippen molar-refractivity contribution in [3.05, 3.63) is 65.2 Å². The van der Waals surface area contributed by atoms with Gasteiger partial charge >= 0.3 is 18.3 Å². The van der Waals surface area contributed by atoms with Crippen molar-refractivity contribution in [2.24, 2.45) is 5.92 Å². The van der Waals surface area contributed by atoms with E-state index in [-0.39, 0.29) is 77.1 Å². The van der Waals surface area contributed by atoms with Gasteiger partial charge in [-0.3, -0.25) is 14.4 Å². The molecular formula is C34H43N5O9. The maximum absolute atomic E-state index is 12.8. The molecule has 4 N–H and O–H groups in total. The molecule has 3 rings (SSSR count). The van der Waals surface area contributed by atoms with Crippen LogP contribution in [0.5, 0.6) is 0 Å². The number of ketones is 1. The number of hydrogen-bond donors (Lipinski definition) is 4. The fourth-order valence-electron chi connectivity index (χ4n) is 5.28. The molecule has 0 aromatic heterocycles. The number of nitrogens with one attached hydrogen (secondary N) is 3. The van der Waals surface area contributed by atoms with Gasteiger partial charge in [0.15, 0.2) is 0 Å². The summed E-state index contributed by atoms with van der Waals surface area (Å²) in [6.45, 7) is 4.90. The van der Waals surface area contributed by atoms with Crippen LogP contribution >= 0.6 is 0 Å². The summed E-state index contributed by atoms with van der Waals surface area (Å²) in [6, 6.07) is 13.9. The summed E-state index contributed by atoms with van der Waals surface area (Å²) in [5, 5.41) is 17.1. The zero-order valence-corrected chi connectivity index (χ0v) is 27.2. The van der Waals surface area contributed by atoms with E-state index in [1.54, 1.807) is 0 Å². The minimum atomic E-state index is -1.36. The van der Waals surface area contributed by atoms with Crippen molar-refractivity contribution in [2.45, 2.75) is 57.5 Å². The van der Waals surface area contributed by atoms with Crippen LogP contribution in [0, 0.1) is 5.92 Å². The molecule has 0 fully saturated rings. The van der Waals surface area contributed by atoms with E-state index in [1.807, 2.05) is 38.1 Å². The predicted molar refractivity (Wildman–Crippen MR) is 174 cm³/mol. The molecule has 0 heterocycles. The number of carbonyl (C=O) groups is 5. The summed E-state index contributed by atoms with van der Waals surface area (Å²) in [6.07, 6.45) is -0.118. The first-order valence-corrected chi connectivity index (χ1v) is 15.9. The average Bonchev–Trinajstić information content (AvgIpc) is 3.37. The number of ether oxygens (including phenoxy) is 3. The van der Waals surface area contributed by atoms with Crippen LogP contribution in [-0.4, -0.2) is 97.4 Å². The molecule has 2 atom stereocenters. The Morgan fingerprint density at radius 2 is 1.50 bits per heavy atom. The highest BCUT2D eigenvalue weighted by molar-refractivity contribution is 6.25. The Morgan fingerprint density at radius 1 is 0.875 bits per heavy atom. The summed E-state index contributed by atoms with van der Waals surface area (Å²) >= 11 is 0. The maximum Gasteiger partial charge on any atom is 0.407 e. The second-order valence-electron chi connectivity index (χ2n) is 11.6. The Bertz CT molecular complexity index is 1430. The van der Waals surface area contributed by atoms with Crippen LogP contribution in [0.4, 0.5) is 4.79 Å². The van der Waals surface area contributed by atoms with E-state index in [4.69, 9.17) is 19.7 Å². The number of carboxylic acid groups (broad SMARTS) is 1. The average molecular weight is 666 g/mol. The van der Waals surface area contributed by atoms with Crippen molar-refractivity contribution in [1.82, 2.24) is 16.0 Å². The molecule has 2 unspecified atom stereocenters. The molecule has 0 saturated carbocycles. The van der Waals surface area contributed by atoms with Gasteiger partial charge in [-0.15, -0.1) is 0 Å². The molecule has 14 heteroatoms. The topological polar surface area (TPSA) is 206 Å². The maximum atomic E-state index is 12.8. The number of alkyl carbamates (subject to hydrolysis) is 1. The molecule has 2 aromatic rings. The quantitative estimate of drug-likeness (QED) is 0.0668. The number of rotatable bonds is 21. The fraction of sp³-hybridized carbons (Fsp3) is 0.471. The third kappa shape index (κ3) is 12.0.